The van der Waals surface area contributed by atoms with E-state index in [2.05, 4.69) is 15.1 Å². The van der Waals surface area contributed by atoms with Crippen LogP contribution >= 0.6 is 0 Å². The second kappa shape index (κ2) is 6.94. The molecular formula is C9H14N2O4S. The second-order valence-electron chi connectivity index (χ2n) is 2.85. The van der Waals surface area contributed by atoms with E-state index in [4.69, 9.17) is 0 Å². The van der Waals surface area contributed by atoms with Crippen LogP contribution in [0.1, 0.15) is 12.5 Å². The summed E-state index contributed by atoms with van der Waals surface area (Å²) in [4.78, 5) is 9.22. The fourth-order valence-corrected chi connectivity index (χ4v) is 1.02. The molecule has 1 amide bonds. The van der Waals surface area contributed by atoms with Crippen LogP contribution in [-0.2, 0) is 25.9 Å². The Morgan fingerprint density at radius 1 is 1.31 bits per heavy atom. The summed E-state index contributed by atoms with van der Waals surface area (Å²) in [6.07, 6.45) is 0. The maximum atomic E-state index is 10.4. The number of amides is 1. The summed E-state index contributed by atoms with van der Waals surface area (Å²) < 4.78 is 25.1. The van der Waals surface area contributed by atoms with E-state index in [9.17, 15) is 13.2 Å². The molecule has 0 aliphatic rings. The van der Waals surface area contributed by atoms with Crippen molar-refractivity contribution in [3.8, 4) is 0 Å². The van der Waals surface area contributed by atoms with Crippen molar-refractivity contribution in [3.63, 3.8) is 0 Å². The standard InChI is InChI=1S/C7H9NO3S.C2H5NO/c8-12(9,10)11-6-7-4-2-1-3-5-7;1-2(3)4/h1-5H,6H2,(H2,8,9,10);1H3,(H2,3,4). The van der Waals surface area contributed by atoms with Crippen LogP contribution in [0.15, 0.2) is 30.3 Å². The van der Waals surface area contributed by atoms with Crippen LogP contribution in [0.5, 0.6) is 0 Å². The normalized spacial score (nSPS) is 10.1. The molecule has 0 aromatic heterocycles. The Morgan fingerprint density at radius 2 is 1.75 bits per heavy atom. The van der Waals surface area contributed by atoms with Gasteiger partial charge < -0.3 is 5.73 Å². The van der Waals surface area contributed by atoms with Crippen molar-refractivity contribution in [2.45, 2.75) is 13.5 Å². The fraction of sp³-hybridized carbons (Fsp3) is 0.222. The lowest BCUT2D eigenvalue weighted by Crippen LogP contribution is -2.15. The molecule has 0 heterocycles. The number of benzene rings is 1. The number of rotatable bonds is 3. The predicted molar refractivity (Wildman–Crippen MR) is 59.2 cm³/mol. The van der Waals surface area contributed by atoms with Gasteiger partial charge in [0.25, 0.3) is 0 Å². The molecule has 1 rings (SSSR count). The predicted octanol–water partition coefficient (Wildman–Crippen LogP) is -0.102. The zero-order valence-corrected chi connectivity index (χ0v) is 9.61. The van der Waals surface area contributed by atoms with Crippen LogP contribution in [0.25, 0.3) is 0 Å². The molecule has 0 radical (unpaired) electrons. The number of nitrogens with two attached hydrogens (primary N) is 2. The first kappa shape index (κ1) is 14.6. The van der Waals surface area contributed by atoms with Gasteiger partial charge in [-0.2, -0.15) is 8.42 Å². The molecule has 0 fully saturated rings. The lowest BCUT2D eigenvalue weighted by molar-refractivity contribution is -0.115. The summed E-state index contributed by atoms with van der Waals surface area (Å²) in [5.74, 6) is -0.333. The summed E-state index contributed by atoms with van der Waals surface area (Å²) in [5, 5.41) is 4.63. The highest BCUT2D eigenvalue weighted by Gasteiger charge is 2.01. The van der Waals surface area contributed by atoms with Crippen LogP contribution < -0.4 is 10.9 Å². The highest BCUT2D eigenvalue weighted by molar-refractivity contribution is 7.84. The molecule has 0 spiro atoms. The minimum absolute atomic E-state index is 0.0142. The molecule has 4 N–H and O–H groups in total. The first-order valence-electron chi connectivity index (χ1n) is 4.28. The van der Waals surface area contributed by atoms with Gasteiger partial charge in [0, 0.05) is 6.92 Å². The summed E-state index contributed by atoms with van der Waals surface area (Å²) >= 11 is 0. The van der Waals surface area contributed by atoms with Crippen LogP contribution in [-0.4, -0.2) is 14.3 Å². The molecule has 0 unspecified atom stereocenters. The van der Waals surface area contributed by atoms with Crippen molar-refractivity contribution in [1.82, 2.24) is 0 Å². The number of carbonyl (C=O) groups excluding carboxylic acids is 1. The van der Waals surface area contributed by atoms with E-state index < -0.39 is 10.3 Å². The Hall–Kier alpha value is -1.44. The summed E-state index contributed by atoms with van der Waals surface area (Å²) in [6.45, 7) is 1.29. The topological polar surface area (TPSA) is 112 Å². The van der Waals surface area contributed by atoms with E-state index in [1.165, 1.54) is 6.92 Å². The minimum Gasteiger partial charge on any atom is -0.370 e. The van der Waals surface area contributed by atoms with E-state index in [1.54, 1.807) is 24.3 Å². The Balaban J connectivity index is 0.000000487. The van der Waals surface area contributed by atoms with Gasteiger partial charge in [0.1, 0.15) is 0 Å². The van der Waals surface area contributed by atoms with Gasteiger partial charge in [-0.1, -0.05) is 30.3 Å². The molecule has 0 aliphatic carbocycles. The van der Waals surface area contributed by atoms with Crippen molar-refractivity contribution in [1.29, 1.82) is 0 Å². The molecule has 1 aromatic carbocycles. The van der Waals surface area contributed by atoms with Gasteiger partial charge in [-0.25, -0.2) is 5.14 Å². The highest BCUT2D eigenvalue weighted by Crippen LogP contribution is 2.01. The Labute approximate surface area is 94.5 Å². The third-order valence-electron chi connectivity index (χ3n) is 1.23. The van der Waals surface area contributed by atoms with Crippen molar-refractivity contribution >= 4 is 16.2 Å². The average Bonchev–Trinajstić information content (AvgIpc) is 2.14. The van der Waals surface area contributed by atoms with Gasteiger partial charge in [-0.05, 0) is 5.56 Å². The van der Waals surface area contributed by atoms with Crippen LogP contribution in [0, 0.1) is 0 Å². The number of carbonyl (C=O) groups is 1. The zero-order chi connectivity index (χ0) is 12.6. The van der Waals surface area contributed by atoms with Crippen LogP contribution in [0.4, 0.5) is 0 Å². The van der Waals surface area contributed by atoms with Gasteiger partial charge >= 0.3 is 10.3 Å². The molecule has 90 valence electrons. The summed E-state index contributed by atoms with van der Waals surface area (Å²) in [6, 6.07) is 8.93. The van der Waals surface area contributed by atoms with E-state index in [0.717, 1.165) is 5.56 Å². The van der Waals surface area contributed by atoms with E-state index in [-0.39, 0.29) is 12.5 Å². The minimum atomic E-state index is -3.82. The summed E-state index contributed by atoms with van der Waals surface area (Å²) in [7, 11) is -3.82. The zero-order valence-electron chi connectivity index (χ0n) is 8.79. The van der Waals surface area contributed by atoms with E-state index >= 15 is 0 Å². The number of primary amides is 1. The van der Waals surface area contributed by atoms with Gasteiger partial charge in [-0.3, -0.25) is 8.98 Å². The molecule has 7 heteroatoms. The quantitative estimate of drug-likeness (QED) is 0.775. The highest BCUT2D eigenvalue weighted by atomic mass is 32.2. The monoisotopic (exact) mass is 246 g/mol. The molecule has 0 saturated carbocycles. The smallest absolute Gasteiger partial charge is 0.333 e. The first-order valence-corrected chi connectivity index (χ1v) is 5.75. The maximum Gasteiger partial charge on any atom is 0.333 e. The van der Waals surface area contributed by atoms with Gasteiger partial charge in [0.15, 0.2) is 0 Å². The molecule has 16 heavy (non-hydrogen) atoms. The Bertz CT molecular complexity index is 412. The number of hydrogen-bond acceptors (Lipinski definition) is 4. The Kier molecular flexibility index (Phi) is 6.31. The van der Waals surface area contributed by atoms with Gasteiger partial charge in [-0.15, -0.1) is 0 Å². The number of hydrogen-bond donors (Lipinski definition) is 2. The SMILES string of the molecule is CC(N)=O.NS(=O)(=O)OCc1ccccc1. The lowest BCUT2D eigenvalue weighted by atomic mass is 10.2. The van der Waals surface area contributed by atoms with Crippen molar-refractivity contribution in [2.75, 3.05) is 0 Å². The van der Waals surface area contributed by atoms with Gasteiger partial charge in [0.05, 0.1) is 6.61 Å². The van der Waals surface area contributed by atoms with Crippen molar-refractivity contribution in [3.05, 3.63) is 35.9 Å². The summed E-state index contributed by atoms with van der Waals surface area (Å²) in [5.41, 5.74) is 5.24. The fourth-order valence-electron chi connectivity index (χ4n) is 0.724. The maximum absolute atomic E-state index is 10.4. The molecule has 6 nitrogen and oxygen atoms in total. The van der Waals surface area contributed by atoms with Crippen LogP contribution in [0.3, 0.4) is 0 Å². The molecule has 0 saturated heterocycles. The molecule has 0 bridgehead atoms. The molecular weight excluding hydrogens is 232 g/mol. The molecule has 0 atom stereocenters. The second-order valence-corrected chi connectivity index (χ2v) is 4.07. The molecule has 1 aromatic rings. The van der Waals surface area contributed by atoms with Crippen molar-refractivity contribution < 1.29 is 17.4 Å². The third kappa shape index (κ3) is 10.6. The van der Waals surface area contributed by atoms with E-state index in [1.807, 2.05) is 6.07 Å². The van der Waals surface area contributed by atoms with E-state index in [0.29, 0.717) is 0 Å². The van der Waals surface area contributed by atoms with Crippen molar-refractivity contribution in [2.24, 2.45) is 10.9 Å². The van der Waals surface area contributed by atoms with Gasteiger partial charge in [0.2, 0.25) is 5.91 Å². The lowest BCUT2D eigenvalue weighted by Gasteiger charge is -1.99. The average molecular weight is 246 g/mol. The molecule has 0 aliphatic heterocycles. The van der Waals surface area contributed by atoms with Crippen LogP contribution in [0.2, 0.25) is 0 Å². The first-order chi connectivity index (χ1) is 7.31. The third-order valence-corrected chi connectivity index (χ3v) is 1.68. The Morgan fingerprint density at radius 3 is 2.12 bits per heavy atom. The largest absolute Gasteiger partial charge is 0.370 e.